The van der Waals surface area contributed by atoms with Gasteiger partial charge in [0.25, 0.3) is 0 Å². The molecule has 0 amide bonds. The van der Waals surface area contributed by atoms with Crippen LogP contribution in [0, 0.1) is 0 Å². The first-order valence-corrected chi connectivity index (χ1v) is 8.05. The van der Waals surface area contributed by atoms with Gasteiger partial charge in [-0.2, -0.15) is 0 Å². The summed E-state index contributed by atoms with van der Waals surface area (Å²) in [6, 6.07) is 13.0. The van der Waals surface area contributed by atoms with E-state index in [2.05, 4.69) is 61.5 Å². The minimum Gasteiger partial charge on any atom is -0.397 e. The summed E-state index contributed by atoms with van der Waals surface area (Å²) in [5, 5.41) is 1.28. The summed E-state index contributed by atoms with van der Waals surface area (Å²) in [6.07, 6.45) is 9.36. The van der Waals surface area contributed by atoms with E-state index in [0.717, 1.165) is 17.6 Å². The summed E-state index contributed by atoms with van der Waals surface area (Å²) in [5.41, 5.74) is 8.87. The molecule has 0 unspecified atom stereocenters. The van der Waals surface area contributed by atoms with Crippen molar-refractivity contribution in [1.29, 1.82) is 0 Å². The Morgan fingerprint density at radius 3 is 2.52 bits per heavy atom. The molecule has 1 heterocycles. The molecule has 0 saturated heterocycles. The van der Waals surface area contributed by atoms with Crippen molar-refractivity contribution >= 4 is 31.0 Å². The highest BCUT2D eigenvalue weighted by Gasteiger charge is 2.23. The van der Waals surface area contributed by atoms with E-state index in [4.69, 9.17) is 7.98 Å². The van der Waals surface area contributed by atoms with Crippen LogP contribution in [0.15, 0.2) is 48.6 Å². The second-order valence-electron chi connectivity index (χ2n) is 5.99. The maximum atomic E-state index is 6.39. The largest absolute Gasteiger partial charge is 0.397 e. The van der Waals surface area contributed by atoms with Gasteiger partial charge in [-0.3, -0.25) is 0 Å². The zero-order chi connectivity index (χ0) is 16.0. The lowest BCUT2D eigenvalue weighted by atomic mass is 9.99. The second kappa shape index (κ2) is 5.31. The first-order chi connectivity index (χ1) is 11.3. The van der Waals surface area contributed by atoms with Crippen molar-refractivity contribution in [3.63, 3.8) is 0 Å². The van der Waals surface area contributed by atoms with E-state index in [9.17, 15) is 0 Å². The van der Waals surface area contributed by atoms with Crippen LogP contribution in [0.4, 0.5) is 0 Å². The van der Waals surface area contributed by atoms with Gasteiger partial charge in [0.2, 0.25) is 7.98 Å². The van der Waals surface area contributed by atoms with Gasteiger partial charge in [0.15, 0.2) is 0 Å². The van der Waals surface area contributed by atoms with Gasteiger partial charge >= 0.3 is 0 Å². The van der Waals surface area contributed by atoms with Crippen LogP contribution < -0.4 is 0 Å². The van der Waals surface area contributed by atoms with Crippen molar-refractivity contribution in [2.45, 2.75) is 20.3 Å². The van der Waals surface area contributed by atoms with E-state index in [1.807, 2.05) is 17.5 Å². The molecule has 110 valence electrons. The fourth-order valence-corrected chi connectivity index (χ4v) is 3.75. The van der Waals surface area contributed by atoms with E-state index in [1.54, 1.807) is 0 Å². The summed E-state index contributed by atoms with van der Waals surface area (Å²) < 4.78 is 1.81. The second-order valence-corrected chi connectivity index (χ2v) is 5.99. The maximum absolute atomic E-state index is 6.39. The number of nitrogens with zero attached hydrogens (tertiary/aromatic N) is 1. The third kappa shape index (κ3) is 1.95. The van der Waals surface area contributed by atoms with Crippen LogP contribution in [0.2, 0.25) is 0 Å². The molecule has 2 aromatic carbocycles. The monoisotopic (exact) mass is 295 g/mol. The van der Waals surface area contributed by atoms with Gasteiger partial charge in [-0.1, -0.05) is 48.6 Å². The molecule has 1 aliphatic rings. The van der Waals surface area contributed by atoms with Crippen LogP contribution in [0.5, 0.6) is 0 Å². The van der Waals surface area contributed by atoms with Gasteiger partial charge in [-0.05, 0) is 54.7 Å². The van der Waals surface area contributed by atoms with Crippen LogP contribution in [-0.2, 0) is 6.42 Å². The molecule has 1 nitrogen and oxygen atoms in total. The highest BCUT2D eigenvalue weighted by Crippen LogP contribution is 2.43. The first kappa shape index (κ1) is 14.1. The lowest BCUT2D eigenvalue weighted by Crippen LogP contribution is -1.94. The fourth-order valence-electron chi connectivity index (χ4n) is 3.75. The number of benzene rings is 2. The Morgan fingerprint density at radius 1 is 0.957 bits per heavy atom. The Hall–Kier alpha value is -2.48. The molecule has 0 atom stereocenters. The van der Waals surface area contributed by atoms with Gasteiger partial charge in [0, 0.05) is 22.2 Å². The Bertz CT molecular complexity index is 973. The summed E-state index contributed by atoms with van der Waals surface area (Å²) in [5.74, 6) is 0. The minimum absolute atomic E-state index is 0.979. The summed E-state index contributed by atoms with van der Waals surface area (Å²) >= 11 is 0. The van der Waals surface area contributed by atoms with Crippen molar-refractivity contribution < 1.29 is 0 Å². The molecule has 2 heteroatoms. The zero-order valence-corrected chi connectivity index (χ0v) is 13.5. The standard InChI is InChI=1S/C21H18BN/c1-3-7-17-19(8-4-2)23(22)20-12-11-16-15-10-6-5-9-14(15)13-18(16)21(17)20/h3-12H,13H2,1-2H3/b7-3-,8-4-. The zero-order valence-electron chi connectivity index (χ0n) is 13.5. The Balaban J connectivity index is 2.11. The van der Waals surface area contributed by atoms with Gasteiger partial charge in [-0.15, -0.1) is 0 Å². The molecule has 1 aliphatic carbocycles. The summed E-state index contributed by atoms with van der Waals surface area (Å²) in [6.45, 7) is 4.08. The molecule has 2 radical (unpaired) electrons. The minimum atomic E-state index is 0.979. The molecule has 0 aliphatic heterocycles. The number of rotatable bonds is 2. The number of hydrogen-bond acceptors (Lipinski definition) is 0. The van der Waals surface area contributed by atoms with Gasteiger partial charge in [0.05, 0.1) is 0 Å². The molecule has 0 N–H and O–H groups in total. The lowest BCUT2D eigenvalue weighted by Gasteiger charge is -2.04. The first-order valence-electron chi connectivity index (χ1n) is 8.05. The molecular formula is C21H18BN. The van der Waals surface area contributed by atoms with Crippen LogP contribution in [-0.4, -0.2) is 12.5 Å². The van der Waals surface area contributed by atoms with Crippen molar-refractivity contribution in [3.8, 4) is 11.1 Å². The number of aromatic nitrogens is 1. The van der Waals surface area contributed by atoms with Crippen molar-refractivity contribution in [2.75, 3.05) is 0 Å². The van der Waals surface area contributed by atoms with Crippen LogP contribution >= 0.6 is 0 Å². The highest BCUT2D eigenvalue weighted by atomic mass is 14.9. The SMILES string of the molecule is [B]n1c(/C=C\C)c(/C=C\C)c2c3c(ccc21)-c1ccccc1C3. The smallest absolute Gasteiger partial charge is 0.234 e. The van der Waals surface area contributed by atoms with Gasteiger partial charge < -0.3 is 4.48 Å². The lowest BCUT2D eigenvalue weighted by molar-refractivity contribution is 1.27. The molecule has 0 bridgehead atoms. The van der Waals surface area contributed by atoms with E-state index in [1.165, 1.54) is 33.2 Å². The number of hydrogen-bond donors (Lipinski definition) is 0. The molecule has 1 aromatic heterocycles. The van der Waals surface area contributed by atoms with E-state index < -0.39 is 0 Å². The predicted molar refractivity (Wildman–Crippen MR) is 101 cm³/mol. The van der Waals surface area contributed by atoms with Crippen LogP contribution in [0.1, 0.15) is 36.2 Å². The van der Waals surface area contributed by atoms with E-state index >= 15 is 0 Å². The van der Waals surface area contributed by atoms with E-state index in [-0.39, 0.29) is 0 Å². The van der Waals surface area contributed by atoms with Gasteiger partial charge in [0.1, 0.15) is 0 Å². The average molecular weight is 295 g/mol. The molecule has 0 spiro atoms. The third-order valence-electron chi connectivity index (χ3n) is 4.69. The quantitative estimate of drug-likeness (QED) is 0.447. The molecule has 0 saturated carbocycles. The Morgan fingerprint density at radius 2 is 1.74 bits per heavy atom. The number of fused-ring (bicyclic) bond motifs is 5. The van der Waals surface area contributed by atoms with Crippen molar-refractivity contribution in [3.05, 3.63) is 70.9 Å². The highest BCUT2D eigenvalue weighted by molar-refractivity contribution is 6.16. The molecular weight excluding hydrogens is 277 g/mol. The van der Waals surface area contributed by atoms with Crippen molar-refractivity contribution in [2.24, 2.45) is 0 Å². The summed E-state index contributed by atoms with van der Waals surface area (Å²) in [7, 11) is 6.39. The molecule has 0 fully saturated rings. The predicted octanol–water partition coefficient (Wildman–Crippen LogP) is 5.21. The Labute approximate surface area is 138 Å². The molecule has 4 rings (SSSR count). The van der Waals surface area contributed by atoms with Crippen LogP contribution in [0.3, 0.4) is 0 Å². The van der Waals surface area contributed by atoms with Crippen molar-refractivity contribution in [1.82, 2.24) is 4.48 Å². The average Bonchev–Trinajstić information content (AvgIpc) is 3.06. The Kier molecular flexibility index (Phi) is 3.26. The third-order valence-corrected chi connectivity index (χ3v) is 4.69. The van der Waals surface area contributed by atoms with E-state index in [0.29, 0.717) is 0 Å². The fraction of sp³-hybridized carbons (Fsp3) is 0.143. The van der Waals surface area contributed by atoms with Crippen LogP contribution in [0.25, 0.3) is 34.2 Å². The topological polar surface area (TPSA) is 4.93 Å². The molecule has 23 heavy (non-hydrogen) atoms. The normalized spacial score (nSPS) is 13.3. The number of allylic oxidation sites excluding steroid dienone is 2. The van der Waals surface area contributed by atoms with Gasteiger partial charge in [-0.25, -0.2) is 0 Å². The maximum Gasteiger partial charge on any atom is 0.234 e. The molecule has 3 aromatic rings. The summed E-state index contributed by atoms with van der Waals surface area (Å²) in [4.78, 5) is 0.